The van der Waals surface area contributed by atoms with E-state index in [1.54, 1.807) is 0 Å². The summed E-state index contributed by atoms with van der Waals surface area (Å²) in [5.74, 6) is 0. The number of likely N-dealkylation sites (tertiary alicyclic amines) is 1. The highest BCUT2D eigenvalue weighted by molar-refractivity contribution is 4.79. The summed E-state index contributed by atoms with van der Waals surface area (Å²) in [6, 6.07) is 0.325. The van der Waals surface area contributed by atoms with Crippen molar-refractivity contribution >= 4 is 0 Å². The monoisotopic (exact) mass is 170 g/mol. The standard InChI is InChI=1S/C10H22N2/c1-9(11)8-12-6-4-10(2,3)5-7-12/h9H,4-8,11H2,1-3H3/t9-/m1/s1. The van der Waals surface area contributed by atoms with Crippen LogP contribution >= 0.6 is 0 Å². The summed E-state index contributed by atoms with van der Waals surface area (Å²) in [4.78, 5) is 2.48. The van der Waals surface area contributed by atoms with Gasteiger partial charge in [-0.1, -0.05) is 13.8 Å². The molecule has 2 heteroatoms. The Morgan fingerprint density at radius 3 is 2.25 bits per heavy atom. The first-order valence-corrected chi connectivity index (χ1v) is 4.97. The lowest BCUT2D eigenvalue weighted by Gasteiger charge is -2.37. The van der Waals surface area contributed by atoms with Crippen LogP contribution < -0.4 is 5.73 Å². The molecule has 0 bridgehead atoms. The van der Waals surface area contributed by atoms with Crippen LogP contribution in [0.5, 0.6) is 0 Å². The minimum absolute atomic E-state index is 0.325. The van der Waals surface area contributed by atoms with Crippen LogP contribution in [0.25, 0.3) is 0 Å². The highest BCUT2D eigenvalue weighted by atomic mass is 15.1. The molecule has 1 aliphatic rings. The van der Waals surface area contributed by atoms with Gasteiger partial charge in [-0.25, -0.2) is 0 Å². The van der Waals surface area contributed by atoms with Gasteiger partial charge in [0.2, 0.25) is 0 Å². The first-order valence-electron chi connectivity index (χ1n) is 4.97. The summed E-state index contributed by atoms with van der Waals surface area (Å²) in [6.07, 6.45) is 2.64. The minimum Gasteiger partial charge on any atom is -0.327 e. The maximum absolute atomic E-state index is 5.75. The van der Waals surface area contributed by atoms with Crippen LogP contribution in [0, 0.1) is 5.41 Å². The van der Waals surface area contributed by atoms with Crippen molar-refractivity contribution in [1.82, 2.24) is 4.90 Å². The average Bonchev–Trinajstić information content (AvgIpc) is 1.93. The van der Waals surface area contributed by atoms with Crippen LogP contribution in [0.4, 0.5) is 0 Å². The summed E-state index contributed by atoms with van der Waals surface area (Å²) in [7, 11) is 0. The molecule has 1 atom stereocenters. The number of nitrogens with two attached hydrogens (primary N) is 1. The molecule has 1 saturated heterocycles. The second-order valence-corrected chi connectivity index (χ2v) is 4.94. The highest BCUT2D eigenvalue weighted by Crippen LogP contribution is 2.29. The predicted octanol–water partition coefficient (Wildman–Crippen LogP) is 1.46. The zero-order valence-corrected chi connectivity index (χ0v) is 8.64. The molecule has 12 heavy (non-hydrogen) atoms. The van der Waals surface area contributed by atoms with Crippen molar-refractivity contribution < 1.29 is 0 Å². The minimum atomic E-state index is 0.325. The second-order valence-electron chi connectivity index (χ2n) is 4.94. The molecule has 0 aliphatic carbocycles. The quantitative estimate of drug-likeness (QED) is 0.680. The Balaban J connectivity index is 2.27. The van der Waals surface area contributed by atoms with E-state index >= 15 is 0 Å². The number of hydrogen-bond acceptors (Lipinski definition) is 2. The van der Waals surface area contributed by atoms with E-state index in [1.165, 1.54) is 25.9 Å². The Hall–Kier alpha value is -0.0800. The molecule has 0 amide bonds. The molecule has 0 radical (unpaired) electrons. The van der Waals surface area contributed by atoms with Gasteiger partial charge in [0.15, 0.2) is 0 Å². The summed E-state index contributed by atoms with van der Waals surface area (Å²) in [5.41, 5.74) is 6.31. The molecule has 0 aromatic heterocycles. The van der Waals surface area contributed by atoms with Crippen molar-refractivity contribution in [2.75, 3.05) is 19.6 Å². The first-order chi connectivity index (χ1) is 5.49. The van der Waals surface area contributed by atoms with Gasteiger partial charge in [0, 0.05) is 12.6 Å². The molecule has 1 fully saturated rings. The largest absolute Gasteiger partial charge is 0.327 e. The van der Waals surface area contributed by atoms with Crippen LogP contribution in [0.15, 0.2) is 0 Å². The van der Waals surface area contributed by atoms with Crippen LogP contribution in [0.1, 0.15) is 33.6 Å². The fourth-order valence-electron chi connectivity index (χ4n) is 1.75. The predicted molar refractivity (Wildman–Crippen MR) is 53.1 cm³/mol. The van der Waals surface area contributed by atoms with Crippen molar-refractivity contribution in [2.45, 2.75) is 39.7 Å². The maximum atomic E-state index is 5.75. The smallest absolute Gasteiger partial charge is 0.0139 e. The van der Waals surface area contributed by atoms with Crippen LogP contribution in [-0.4, -0.2) is 30.6 Å². The van der Waals surface area contributed by atoms with E-state index in [-0.39, 0.29) is 0 Å². The Kier molecular flexibility index (Phi) is 3.13. The van der Waals surface area contributed by atoms with Crippen molar-refractivity contribution in [1.29, 1.82) is 0 Å². The summed E-state index contributed by atoms with van der Waals surface area (Å²) in [6.45, 7) is 10.3. The zero-order chi connectivity index (χ0) is 9.19. The fourth-order valence-corrected chi connectivity index (χ4v) is 1.75. The molecule has 1 heterocycles. The van der Waals surface area contributed by atoms with Gasteiger partial charge in [-0.15, -0.1) is 0 Å². The fraction of sp³-hybridized carbons (Fsp3) is 1.00. The number of hydrogen-bond donors (Lipinski definition) is 1. The van der Waals surface area contributed by atoms with E-state index in [0.717, 1.165) is 6.54 Å². The molecule has 1 rings (SSSR count). The van der Waals surface area contributed by atoms with Crippen molar-refractivity contribution in [3.8, 4) is 0 Å². The van der Waals surface area contributed by atoms with E-state index < -0.39 is 0 Å². The maximum Gasteiger partial charge on any atom is 0.0139 e. The van der Waals surface area contributed by atoms with Gasteiger partial charge in [-0.3, -0.25) is 0 Å². The average molecular weight is 170 g/mol. The molecule has 0 spiro atoms. The lowest BCUT2D eigenvalue weighted by atomic mass is 9.82. The summed E-state index contributed by atoms with van der Waals surface area (Å²) < 4.78 is 0. The molecule has 1 aliphatic heterocycles. The lowest BCUT2D eigenvalue weighted by Crippen LogP contribution is -2.42. The molecule has 72 valence electrons. The molecule has 2 N–H and O–H groups in total. The van der Waals surface area contributed by atoms with Gasteiger partial charge >= 0.3 is 0 Å². The number of piperidine rings is 1. The summed E-state index contributed by atoms with van der Waals surface area (Å²) in [5, 5.41) is 0. The SMILES string of the molecule is C[C@@H](N)CN1CCC(C)(C)CC1. The van der Waals surface area contributed by atoms with E-state index in [2.05, 4.69) is 25.7 Å². The van der Waals surface area contributed by atoms with Crippen molar-refractivity contribution in [3.63, 3.8) is 0 Å². The molecule has 0 unspecified atom stereocenters. The van der Waals surface area contributed by atoms with Gasteiger partial charge < -0.3 is 10.6 Å². The second kappa shape index (κ2) is 3.75. The molecular formula is C10H22N2. The summed E-state index contributed by atoms with van der Waals surface area (Å²) >= 11 is 0. The van der Waals surface area contributed by atoms with Crippen LogP contribution in [-0.2, 0) is 0 Å². The Morgan fingerprint density at radius 2 is 1.83 bits per heavy atom. The number of nitrogens with zero attached hydrogens (tertiary/aromatic N) is 1. The van der Waals surface area contributed by atoms with Gasteiger partial charge in [0.25, 0.3) is 0 Å². The topological polar surface area (TPSA) is 29.3 Å². The molecule has 0 aromatic carbocycles. The third-order valence-corrected chi connectivity index (χ3v) is 2.76. The van der Waals surface area contributed by atoms with Gasteiger partial charge in [0.05, 0.1) is 0 Å². The Bertz CT molecular complexity index is 131. The molecule has 0 aromatic rings. The van der Waals surface area contributed by atoms with Gasteiger partial charge in [-0.2, -0.15) is 0 Å². The Labute approximate surface area is 76.1 Å². The molecule has 0 saturated carbocycles. The first kappa shape index (κ1) is 10.0. The van der Waals surface area contributed by atoms with Gasteiger partial charge in [0.1, 0.15) is 0 Å². The van der Waals surface area contributed by atoms with Crippen molar-refractivity contribution in [2.24, 2.45) is 11.1 Å². The van der Waals surface area contributed by atoms with E-state index in [4.69, 9.17) is 5.73 Å². The number of rotatable bonds is 2. The van der Waals surface area contributed by atoms with E-state index in [0.29, 0.717) is 11.5 Å². The van der Waals surface area contributed by atoms with E-state index in [1.807, 2.05) is 0 Å². The zero-order valence-electron chi connectivity index (χ0n) is 8.64. The van der Waals surface area contributed by atoms with Crippen molar-refractivity contribution in [3.05, 3.63) is 0 Å². The highest BCUT2D eigenvalue weighted by Gasteiger charge is 2.25. The lowest BCUT2D eigenvalue weighted by molar-refractivity contribution is 0.128. The molecular weight excluding hydrogens is 148 g/mol. The Morgan fingerprint density at radius 1 is 1.33 bits per heavy atom. The normalized spacial score (nSPS) is 27.0. The van der Waals surface area contributed by atoms with Gasteiger partial charge in [-0.05, 0) is 38.3 Å². The molecule has 2 nitrogen and oxygen atoms in total. The third kappa shape index (κ3) is 3.11. The van der Waals surface area contributed by atoms with E-state index in [9.17, 15) is 0 Å². The third-order valence-electron chi connectivity index (χ3n) is 2.76. The van der Waals surface area contributed by atoms with Crippen LogP contribution in [0.3, 0.4) is 0 Å². The van der Waals surface area contributed by atoms with Crippen LogP contribution in [0.2, 0.25) is 0 Å².